The number of hydrogen-bond acceptors (Lipinski definition) is 5. The van der Waals surface area contributed by atoms with Crippen molar-refractivity contribution in [1.29, 1.82) is 0 Å². The van der Waals surface area contributed by atoms with Crippen LogP contribution >= 0.6 is 0 Å². The molecular weight excluding hydrogens is 327 g/mol. The largest absolute Gasteiger partial charge is 0.471 e. The summed E-state index contributed by atoms with van der Waals surface area (Å²) in [6.07, 6.45) is -3.83. The van der Waals surface area contributed by atoms with E-state index in [1.807, 2.05) is 0 Å². The number of aliphatic hydroxyl groups is 1. The Labute approximate surface area is 134 Å². The van der Waals surface area contributed by atoms with Crippen LogP contribution in [0.15, 0.2) is 28.8 Å². The molecule has 2 aromatic rings. The number of likely N-dealkylation sites (tertiary alicyclic amines) is 1. The van der Waals surface area contributed by atoms with Gasteiger partial charge in [0.25, 0.3) is 5.91 Å². The lowest BCUT2D eigenvalue weighted by molar-refractivity contribution is -0.159. The van der Waals surface area contributed by atoms with Crippen LogP contribution in [-0.2, 0) is 6.18 Å². The molecule has 1 saturated heterocycles. The molecule has 1 aromatic carbocycles. The van der Waals surface area contributed by atoms with Gasteiger partial charge in [-0.1, -0.05) is 17.3 Å². The van der Waals surface area contributed by atoms with E-state index in [9.17, 15) is 23.1 Å². The fourth-order valence-corrected chi connectivity index (χ4v) is 2.54. The number of carbonyl (C=O) groups excluding carboxylic acids is 1. The highest BCUT2D eigenvalue weighted by atomic mass is 19.4. The number of benzene rings is 1. The zero-order valence-electron chi connectivity index (χ0n) is 12.5. The predicted octanol–water partition coefficient (Wildman–Crippen LogP) is 2.35. The van der Waals surface area contributed by atoms with Crippen molar-refractivity contribution in [2.75, 3.05) is 13.1 Å². The third-order valence-corrected chi connectivity index (χ3v) is 3.74. The minimum absolute atomic E-state index is 0.199. The van der Waals surface area contributed by atoms with Gasteiger partial charge in [-0.2, -0.15) is 18.2 Å². The molecule has 24 heavy (non-hydrogen) atoms. The lowest BCUT2D eigenvalue weighted by Crippen LogP contribution is -2.42. The van der Waals surface area contributed by atoms with Crippen LogP contribution in [0.3, 0.4) is 0 Å². The van der Waals surface area contributed by atoms with Crippen molar-refractivity contribution < 1.29 is 27.6 Å². The van der Waals surface area contributed by atoms with E-state index in [4.69, 9.17) is 0 Å². The molecule has 3 rings (SSSR count). The molecule has 0 spiro atoms. The van der Waals surface area contributed by atoms with Crippen LogP contribution in [0.1, 0.15) is 29.1 Å². The predicted molar refractivity (Wildman–Crippen MR) is 75.9 cm³/mol. The quantitative estimate of drug-likeness (QED) is 0.907. The van der Waals surface area contributed by atoms with E-state index in [1.165, 1.54) is 24.3 Å². The second kappa shape index (κ2) is 6.23. The van der Waals surface area contributed by atoms with Crippen molar-refractivity contribution in [3.05, 3.63) is 35.7 Å². The fourth-order valence-electron chi connectivity index (χ4n) is 2.54. The van der Waals surface area contributed by atoms with Crippen molar-refractivity contribution in [2.24, 2.45) is 0 Å². The van der Waals surface area contributed by atoms with Crippen LogP contribution in [0.2, 0.25) is 0 Å². The van der Waals surface area contributed by atoms with Gasteiger partial charge in [0.05, 0.1) is 6.10 Å². The van der Waals surface area contributed by atoms with Gasteiger partial charge in [-0.05, 0) is 25.0 Å². The smallest absolute Gasteiger partial charge is 0.391 e. The number of halogens is 3. The molecule has 9 heteroatoms. The number of amides is 1. The Bertz CT molecular complexity index is 728. The van der Waals surface area contributed by atoms with Gasteiger partial charge in [0.2, 0.25) is 5.82 Å². The molecule has 0 aliphatic carbocycles. The van der Waals surface area contributed by atoms with Crippen LogP contribution in [0.25, 0.3) is 11.4 Å². The van der Waals surface area contributed by atoms with Crippen LogP contribution in [0.4, 0.5) is 13.2 Å². The van der Waals surface area contributed by atoms with E-state index in [2.05, 4.69) is 14.7 Å². The highest BCUT2D eigenvalue weighted by Crippen LogP contribution is 2.29. The van der Waals surface area contributed by atoms with Gasteiger partial charge in [-0.25, -0.2) is 0 Å². The van der Waals surface area contributed by atoms with E-state index < -0.39 is 18.2 Å². The first-order valence-electron chi connectivity index (χ1n) is 7.33. The number of alkyl halides is 3. The van der Waals surface area contributed by atoms with Gasteiger partial charge in [0.1, 0.15) is 0 Å². The zero-order chi connectivity index (χ0) is 17.3. The summed E-state index contributed by atoms with van der Waals surface area (Å²) in [6, 6.07) is 5.89. The monoisotopic (exact) mass is 341 g/mol. The Morgan fingerprint density at radius 3 is 2.58 bits per heavy atom. The van der Waals surface area contributed by atoms with Gasteiger partial charge in [-0.3, -0.25) is 4.79 Å². The second-order valence-electron chi connectivity index (χ2n) is 5.55. The average Bonchev–Trinajstić information content (AvgIpc) is 3.04. The molecule has 128 valence electrons. The molecule has 0 bridgehead atoms. The minimum Gasteiger partial charge on any atom is -0.391 e. The highest BCUT2D eigenvalue weighted by molar-refractivity contribution is 5.94. The number of rotatable bonds is 2. The Morgan fingerprint density at radius 1 is 1.29 bits per heavy atom. The Morgan fingerprint density at radius 2 is 2.00 bits per heavy atom. The number of β-amino-alcohol motifs (C(OH)–C–C–N with tert-alkyl or cyclic N) is 1. The van der Waals surface area contributed by atoms with E-state index in [0.717, 1.165) is 6.42 Å². The maximum absolute atomic E-state index is 12.5. The zero-order valence-corrected chi connectivity index (χ0v) is 12.5. The maximum Gasteiger partial charge on any atom is 0.471 e. The van der Waals surface area contributed by atoms with Crippen molar-refractivity contribution in [1.82, 2.24) is 15.0 Å². The normalized spacial score (nSPS) is 18.7. The minimum atomic E-state index is -4.70. The molecule has 1 amide bonds. The lowest BCUT2D eigenvalue weighted by Gasteiger charge is -2.30. The summed E-state index contributed by atoms with van der Waals surface area (Å²) in [5.74, 6) is -1.85. The number of carbonyl (C=O) groups is 1. The van der Waals surface area contributed by atoms with E-state index in [1.54, 1.807) is 4.90 Å². The fraction of sp³-hybridized carbons (Fsp3) is 0.400. The molecule has 1 atom stereocenters. The van der Waals surface area contributed by atoms with Gasteiger partial charge < -0.3 is 14.5 Å². The Hall–Kier alpha value is -2.42. The summed E-state index contributed by atoms with van der Waals surface area (Å²) in [6.45, 7) is 0.845. The third-order valence-electron chi connectivity index (χ3n) is 3.74. The van der Waals surface area contributed by atoms with Crippen LogP contribution in [-0.4, -0.2) is 45.2 Å². The van der Waals surface area contributed by atoms with Crippen molar-refractivity contribution in [2.45, 2.75) is 25.1 Å². The number of nitrogens with zero attached hydrogens (tertiary/aromatic N) is 3. The average molecular weight is 341 g/mol. The summed E-state index contributed by atoms with van der Waals surface area (Å²) in [5, 5.41) is 12.9. The van der Waals surface area contributed by atoms with Crippen molar-refractivity contribution in [3.63, 3.8) is 0 Å². The summed E-state index contributed by atoms with van der Waals surface area (Å²) < 4.78 is 41.6. The summed E-state index contributed by atoms with van der Waals surface area (Å²) in [7, 11) is 0. The van der Waals surface area contributed by atoms with E-state index in [0.29, 0.717) is 24.1 Å². The number of aromatic nitrogens is 2. The highest BCUT2D eigenvalue weighted by Gasteiger charge is 2.38. The first-order valence-corrected chi connectivity index (χ1v) is 7.33. The third kappa shape index (κ3) is 3.40. The molecule has 1 N–H and O–H groups in total. The molecule has 0 saturated carbocycles. The molecule has 1 aromatic heterocycles. The van der Waals surface area contributed by atoms with Gasteiger partial charge >= 0.3 is 12.1 Å². The molecule has 1 aliphatic rings. The summed E-state index contributed by atoms with van der Waals surface area (Å²) in [5.41, 5.74) is 0.692. The standard InChI is InChI=1S/C15H14F3N3O3/c16-15(17,18)14-19-12(20-24-14)9-3-5-10(6-4-9)13(23)21-7-1-2-11(22)8-21/h3-6,11,22H,1-2,7-8H2/t11-/m1/s1. The Balaban J connectivity index is 1.75. The van der Waals surface area contributed by atoms with Gasteiger partial charge in [-0.15, -0.1) is 0 Å². The molecule has 1 fully saturated rings. The lowest BCUT2D eigenvalue weighted by atomic mass is 10.1. The summed E-state index contributed by atoms with van der Waals surface area (Å²) in [4.78, 5) is 17.2. The first-order chi connectivity index (χ1) is 11.3. The molecule has 1 aliphatic heterocycles. The number of hydrogen-bond donors (Lipinski definition) is 1. The molecule has 2 heterocycles. The van der Waals surface area contributed by atoms with Crippen molar-refractivity contribution >= 4 is 5.91 Å². The van der Waals surface area contributed by atoms with Crippen LogP contribution < -0.4 is 0 Å². The first kappa shape index (κ1) is 16.4. The molecule has 0 radical (unpaired) electrons. The topological polar surface area (TPSA) is 79.5 Å². The van der Waals surface area contributed by atoms with E-state index in [-0.39, 0.29) is 18.3 Å². The van der Waals surface area contributed by atoms with Gasteiger partial charge in [0, 0.05) is 24.2 Å². The summed E-state index contributed by atoms with van der Waals surface area (Å²) >= 11 is 0. The molecule has 0 unspecified atom stereocenters. The Kier molecular flexibility index (Phi) is 4.27. The number of aliphatic hydroxyl groups excluding tert-OH is 1. The van der Waals surface area contributed by atoms with Crippen LogP contribution in [0.5, 0.6) is 0 Å². The van der Waals surface area contributed by atoms with Gasteiger partial charge in [0.15, 0.2) is 0 Å². The van der Waals surface area contributed by atoms with Crippen molar-refractivity contribution in [3.8, 4) is 11.4 Å². The molecular formula is C15H14F3N3O3. The number of piperidine rings is 1. The molecule has 6 nitrogen and oxygen atoms in total. The second-order valence-corrected chi connectivity index (χ2v) is 5.55. The van der Waals surface area contributed by atoms with Crippen LogP contribution in [0, 0.1) is 0 Å². The maximum atomic E-state index is 12.5. The SMILES string of the molecule is O=C(c1ccc(-c2noc(C(F)(F)F)n2)cc1)N1CCC[C@@H](O)C1. The van der Waals surface area contributed by atoms with E-state index >= 15 is 0 Å².